The van der Waals surface area contributed by atoms with Crippen molar-refractivity contribution >= 4 is 28.4 Å². The fourth-order valence-corrected chi connectivity index (χ4v) is 4.18. The van der Waals surface area contributed by atoms with Crippen LogP contribution in [0, 0.1) is 0 Å². The molecule has 2 aliphatic heterocycles. The van der Waals surface area contributed by atoms with Crippen molar-refractivity contribution in [2.24, 2.45) is 0 Å². The molecule has 2 fully saturated rings. The summed E-state index contributed by atoms with van der Waals surface area (Å²) in [5.41, 5.74) is 0.541. The topological polar surface area (TPSA) is 88.0 Å². The highest BCUT2D eigenvalue weighted by Crippen LogP contribution is 2.29. The number of aromatic nitrogens is 2. The summed E-state index contributed by atoms with van der Waals surface area (Å²) in [7, 11) is 0. The van der Waals surface area contributed by atoms with E-state index in [2.05, 4.69) is 15.6 Å². The number of rotatable bonds is 3. The molecule has 2 N–H and O–H groups in total. The number of hydrogen-bond acceptors (Lipinski definition) is 5. The minimum absolute atomic E-state index is 0.0599. The molecule has 0 unspecified atom stereocenters. The van der Waals surface area contributed by atoms with Gasteiger partial charge in [-0.3, -0.25) is 4.40 Å². The van der Waals surface area contributed by atoms with Crippen molar-refractivity contribution in [3.63, 3.8) is 0 Å². The molecule has 2 aromatic rings. The molecule has 0 radical (unpaired) electrons. The first-order chi connectivity index (χ1) is 12.1. The summed E-state index contributed by atoms with van der Waals surface area (Å²) < 4.78 is 7.43. The average Bonchev–Trinajstić information content (AvgIpc) is 3.21. The second-order valence-corrected chi connectivity index (χ2v) is 7.45. The molecule has 1 spiro atoms. The Kier molecular flexibility index (Phi) is 4.24. The molecule has 0 aliphatic carbocycles. The monoisotopic (exact) mass is 363 g/mol. The predicted molar refractivity (Wildman–Crippen MR) is 92.8 cm³/mol. The van der Waals surface area contributed by atoms with E-state index in [0.29, 0.717) is 39.0 Å². The number of likely N-dealkylation sites (tertiary alicyclic amines) is 1. The molecule has 2 aromatic heterocycles. The Hall–Kier alpha value is -2.29. The zero-order valence-electron chi connectivity index (χ0n) is 13.9. The maximum atomic E-state index is 12.4. The van der Waals surface area contributed by atoms with Gasteiger partial charge < -0.3 is 20.3 Å². The zero-order valence-corrected chi connectivity index (χ0v) is 14.7. The Morgan fingerprint density at radius 1 is 1.44 bits per heavy atom. The number of urea groups is 1. The highest BCUT2D eigenvalue weighted by atomic mass is 32.1. The van der Waals surface area contributed by atoms with Crippen molar-refractivity contribution in [3.05, 3.63) is 23.5 Å². The van der Waals surface area contributed by atoms with Crippen molar-refractivity contribution in [3.8, 4) is 0 Å². The number of ether oxygens (including phenoxy) is 1. The third-order valence-electron chi connectivity index (χ3n) is 4.85. The van der Waals surface area contributed by atoms with Crippen molar-refractivity contribution in [2.75, 3.05) is 26.2 Å². The van der Waals surface area contributed by atoms with Gasteiger partial charge in [-0.2, -0.15) is 0 Å². The highest BCUT2D eigenvalue weighted by Gasteiger charge is 2.41. The Bertz CT molecular complexity index is 759. The van der Waals surface area contributed by atoms with Gasteiger partial charge in [0.2, 0.25) is 0 Å². The molecule has 8 nitrogen and oxygen atoms in total. The first-order valence-electron chi connectivity index (χ1n) is 8.54. The number of fused-ring (bicyclic) bond motifs is 1. The summed E-state index contributed by atoms with van der Waals surface area (Å²) in [5, 5.41) is 7.69. The van der Waals surface area contributed by atoms with Gasteiger partial charge in [-0.15, -0.1) is 11.3 Å². The van der Waals surface area contributed by atoms with E-state index < -0.39 is 5.60 Å². The van der Waals surface area contributed by atoms with E-state index in [0.717, 1.165) is 23.5 Å². The van der Waals surface area contributed by atoms with E-state index in [1.54, 1.807) is 11.3 Å². The summed E-state index contributed by atoms with van der Waals surface area (Å²) >= 11 is 1.60. The van der Waals surface area contributed by atoms with Gasteiger partial charge >= 0.3 is 12.1 Å². The van der Waals surface area contributed by atoms with Crippen LogP contribution in [0.5, 0.6) is 0 Å². The maximum absolute atomic E-state index is 12.4. The lowest BCUT2D eigenvalue weighted by Gasteiger charge is -2.25. The third kappa shape index (κ3) is 3.41. The van der Waals surface area contributed by atoms with Crippen molar-refractivity contribution in [1.29, 1.82) is 0 Å². The van der Waals surface area contributed by atoms with Gasteiger partial charge in [0.05, 0.1) is 12.2 Å². The molecular formula is C16H21N5O3S. The SMILES string of the molecule is O=C1NC[C@]2(CCCN(C(=O)NCCc3cn4ccsc4n3)CC2)O1. The average molecular weight is 363 g/mol. The van der Waals surface area contributed by atoms with Crippen molar-refractivity contribution in [1.82, 2.24) is 24.9 Å². The Morgan fingerprint density at radius 2 is 2.36 bits per heavy atom. The Morgan fingerprint density at radius 3 is 3.16 bits per heavy atom. The van der Waals surface area contributed by atoms with Gasteiger partial charge in [0.1, 0.15) is 5.60 Å². The number of hydrogen-bond donors (Lipinski definition) is 2. The number of carbonyl (C=O) groups is 2. The lowest BCUT2D eigenvalue weighted by Crippen LogP contribution is -2.42. The number of thiazole rings is 1. The summed E-state index contributed by atoms with van der Waals surface area (Å²) in [6.07, 6.45) is 6.64. The summed E-state index contributed by atoms with van der Waals surface area (Å²) in [5.74, 6) is 0. The second kappa shape index (κ2) is 6.55. The number of nitrogens with zero attached hydrogens (tertiary/aromatic N) is 3. The number of alkyl carbamates (subject to hydrolysis) is 1. The van der Waals surface area contributed by atoms with Crippen molar-refractivity contribution < 1.29 is 14.3 Å². The molecule has 0 saturated carbocycles. The van der Waals surface area contributed by atoms with E-state index in [1.807, 2.05) is 27.1 Å². The Labute approximate surface area is 149 Å². The minimum atomic E-state index is -0.436. The predicted octanol–water partition coefficient (Wildman–Crippen LogP) is 1.61. The fourth-order valence-electron chi connectivity index (χ4n) is 3.46. The lowest BCUT2D eigenvalue weighted by atomic mass is 9.95. The van der Waals surface area contributed by atoms with Gasteiger partial charge in [-0.05, 0) is 12.8 Å². The van der Waals surface area contributed by atoms with Crippen LogP contribution in [0.2, 0.25) is 0 Å². The Balaban J connectivity index is 1.26. The molecule has 1 atom stereocenters. The van der Waals surface area contributed by atoms with Crippen LogP contribution in [0.4, 0.5) is 9.59 Å². The molecule has 0 bridgehead atoms. The first kappa shape index (κ1) is 16.2. The van der Waals surface area contributed by atoms with E-state index in [9.17, 15) is 9.59 Å². The highest BCUT2D eigenvalue weighted by molar-refractivity contribution is 7.15. The largest absolute Gasteiger partial charge is 0.441 e. The van der Waals surface area contributed by atoms with Gasteiger partial charge in [0, 0.05) is 50.2 Å². The standard InChI is InChI=1S/C16H21N5O3S/c22-13(17-5-2-12-10-21-8-9-25-14(21)19-12)20-6-1-3-16(4-7-20)11-18-15(23)24-16/h8-10H,1-7,11H2,(H,17,22)(H,18,23)/t16-/m1/s1. The zero-order chi connectivity index (χ0) is 17.3. The molecule has 0 aromatic carbocycles. The molecule has 25 heavy (non-hydrogen) atoms. The smallest absolute Gasteiger partial charge is 0.407 e. The van der Waals surface area contributed by atoms with Crippen LogP contribution >= 0.6 is 11.3 Å². The molecule has 3 amide bonds. The van der Waals surface area contributed by atoms with Crippen LogP contribution in [0.25, 0.3) is 4.96 Å². The minimum Gasteiger partial charge on any atom is -0.441 e. The summed E-state index contributed by atoms with van der Waals surface area (Å²) in [4.78, 5) is 31.0. The molecule has 4 rings (SSSR count). The van der Waals surface area contributed by atoms with E-state index >= 15 is 0 Å². The number of amides is 3. The lowest BCUT2D eigenvalue weighted by molar-refractivity contribution is 0.0453. The van der Waals surface area contributed by atoms with E-state index in [1.165, 1.54) is 0 Å². The molecule has 2 aliphatic rings. The number of imidazole rings is 1. The van der Waals surface area contributed by atoms with Crippen LogP contribution in [-0.4, -0.2) is 58.2 Å². The molecule has 4 heterocycles. The van der Waals surface area contributed by atoms with Crippen LogP contribution in [-0.2, 0) is 11.2 Å². The normalized spacial score (nSPS) is 23.5. The molecule has 2 saturated heterocycles. The summed E-state index contributed by atoms with van der Waals surface area (Å²) in [6, 6.07) is -0.0599. The fraction of sp³-hybridized carbons (Fsp3) is 0.562. The first-order valence-corrected chi connectivity index (χ1v) is 9.42. The quantitative estimate of drug-likeness (QED) is 0.867. The summed E-state index contributed by atoms with van der Waals surface area (Å²) in [6.45, 7) is 2.38. The molecule has 9 heteroatoms. The van der Waals surface area contributed by atoms with Crippen LogP contribution in [0.3, 0.4) is 0 Å². The van der Waals surface area contributed by atoms with Gasteiger partial charge in [-0.25, -0.2) is 14.6 Å². The van der Waals surface area contributed by atoms with Crippen LogP contribution in [0.1, 0.15) is 25.0 Å². The molecule has 134 valence electrons. The van der Waals surface area contributed by atoms with E-state index in [4.69, 9.17) is 4.74 Å². The van der Waals surface area contributed by atoms with Gasteiger partial charge in [0.15, 0.2) is 4.96 Å². The second-order valence-electron chi connectivity index (χ2n) is 6.57. The number of carbonyl (C=O) groups excluding carboxylic acids is 2. The third-order valence-corrected chi connectivity index (χ3v) is 5.62. The van der Waals surface area contributed by atoms with Gasteiger partial charge in [0.25, 0.3) is 0 Å². The molecular weight excluding hydrogens is 342 g/mol. The van der Waals surface area contributed by atoms with Crippen molar-refractivity contribution in [2.45, 2.75) is 31.3 Å². The van der Waals surface area contributed by atoms with Gasteiger partial charge in [-0.1, -0.05) is 0 Å². The maximum Gasteiger partial charge on any atom is 0.407 e. The van der Waals surface area contributed by atoms with Crippen LogP contribution in [0.15, 0.2) is 17.8 Å². The van der Waals surface area contributed by atoms with E-state index in [-0.39, 0.29) is 12.1 Å². The number of nitrogens with one attached hydrogen (secondary N) is 2. The van der Waals surface area contributed by atoms with Crippen LogP contribution < -0.4 is 10.6 Å².